The molecule has 0 fully saturated rings. The summed E-state index contributed by atoms with van der Waals surface area (Å²) in [6, 6.07) is 0. The first-order valence-corrected chi connectivity index (χ1v) is 22.5. The topological polar surface area (TPSA) is 81.9 Å². The van der Waals surface area contributed by atoms with Gasteiger partial charge in [-0.3, -0.25) is 9.59 Å². The number of nitrogens with two attached hydrogens (primary N) is 1. The first-order chi connectivity index (χ1) is 25.1. The van der Waals surface area contributed by atoms with Crippen LogP contribution in [0.4, 0.5) is 0 Å². The summed E-state index contributed by atoms with van der Waals surface area (Å²) >= 11 is 0. The van der Waals surface area contributed by atoms with E-state index in [1.165, 1.54) is 141 Å². The first-order valence-electron chi connectivity index (χ1n) is 22.5. The Bertz CT molecular complexity index is 742. The van der Waals surface area contributed by atoms with Gasteiger partial charge in [-0.1, -0.05) is 155 Å². The summed E-state index contributed by atoms with van der Waals surface area (Å²) in [6.07, 6.45) is 41.4. The van der Waals surface area contributed by atoms with Gasteiger partial charge in [-0.15, -0.1) is 0 Å². The number of rotatable bonds is 41. The second-order valence-corrected chi connectivity index (χ2v) is 15.2. The molecule has 0 bridgehead atoms. The van der Waals surface area contributed by atoms with E-state index in [9.17, 15) is 9.59 Å². The van der Waals surface area contributed by atoms with E-state index >= 15 is 0 Å². The fourth-order valence-electron chi connectivity index (χ4n) is 6.82. The van der Waals surface area contributed by atoms with Gasteiger partial charge in [0, 0.05) is 12.8 Å². The number of unbranched alkanes of at least 4 members (excludes halogenated alkanes) is 22. The number of carbonyl (C=O) groups is 2. The van der Waals surface area contributed by atoms with Crippen LogP contribution in [0.25, 0.3) is 0 Å². The van der Waals surface area contributed by atoms with Crippen molar-refractivity contribution >= 4 is 11.9 Å². The van der Waals surface area contributed by atoms with Gasteiger partial charge in [0.05, 0.1) is 0 Å². The molecule has 0 aliphatic heterocycles. The molecule has 0 unspecified atom stereocenters. The van der Waals surface area contributed by atoms with Crippen molar-refractivity contribution in [2.45, 2.75) is 232 Å². The summed E-state index contributed by atoms with van der Waals surface area (Å²) in [5.41, 5.74) is 5.83. The number of esters is 2. The molecule has 0 saturated carbocycles. The highest BCUT2D eigenvalue weighted by molar-refractivity contribution is 5.69. The van der Waals surface area contributed by atoms with Crippen molar-refractivity contribution in [2.75, 3.05) is 32.8 Å². The largest absolute Gasteiger partial charge is 0.462 e. The monoisotopic (exact) mass is 721 g/mol. The quantitative estimate of drug-likeness (QED) is 0.0385. The zero-order chi connectivity index (χ0) is 37.3. The minimum atomic E-state index is -0.0650. The molecule has 51 heavy (non-hydrogen) atoms. The van der Waals surface area contributed by atoms with Crippen LogP contribution in [0.5, 0.6) is 0 Å². The Morgan fingerprint density at radius 1 is 0.510 bits per heavy atom. The maximum atomic E-state index is 12.7. The molecule has 0 radical (unpaired) electrons. The Labute approximate surface area is 318 Å². The van der Waals surface area contributed by atoms with Crippen LogP contribution in [-0.2, 0) is 19.1 Å². The second-order valence-electron chi connectivity index (χ2n) is 15.2. The Kier molecular flexibility index (Phi) is 40.2. The summed E-state index contributed by atoms with van der Waals surface area (Å²) in [5, 5.41) is 0. The average Bonchev–Trinajstić information content (AvgIpc) is 3.13. The molecule has 0 aromatic carbocycles. The number of hydrogen-bond donors (Lipinski definition) is 1. The predicted molar refractivity (Wildman–Crippen MR) is 220 cm³/mol. The maximum absolute atomic E-state index is 12.7. The lowest BCUT2D eigenvalue weighted by Gasteiger charge is -2.22. The molecule has 0 aliphatic rings. The fraction of sp³-hybridized carbons (Fsp3) is 0.911. The zero-order valence-electron chi connectivity index (χ0n) is 34.6. The third-order valence-electron chi connectivity index (χ3n) is 10.2. The summed E-state index contributed by atoms with van der Waals surface area (Å²) in [4.78, 5) is 27.3. The number of nitrogens with zero attached hydrogens (tertiary/aromatic N) is 1. The number of carbonyl (C=O) groups excluding carboxylic acids is 2. The van der Waals surface area contributed by atoms with Crippen molar-refractivity contribution < 1.29 is 19.1 Å². The van der Waals surface area contributed by atoms with E-state index in [0.29, 0.717) is 19.4 Å². The van der Waals surface area contributed by atoms with Crippen molar-refractivity contribution in [3.05, 3.63) is 12.2 Å². The van der Waals surface area contributed by atoms with E-state index in [2.05, 4.69) is 31.7 Å². The summed E-state index contributed by atoms with van der Waals surface area (Å²) in [5.74, 6) is -0.0362. The summed E-state index contributed by atoms with van der Waals surface area (Å²) in [6.45, 7) is 11.3. The number of ether oxygens (including phenoxy) is 2. The lowest BCUT2D eigenvalue weighted by molar-refractivity contribution is -0.150. The molecule has 302 valence electrons. The van der Waals surface area contributed by atoms with E-state index in [0.717, 1.165) is 77.5 Å². The van der Waals surface area contributed by atoms with Gasteiger partial charge in [-0.05, 0) is 96.8 Å². The summed E-state index contributed by atoms with van der Waals surface area (Å²) in [7, 11) is 0. The predicted octanol–water partition coefficient (Wildman–Crippen LogP) is 12.8. The highest BCUT2D eigenvalue weighted by atomic mass is 16.5. The van der Waals surface area contributed by atoms with Crippen molar-refractivity contribution in [3.8, 4) is 0 Å². The van der Waals surface area contributed by atoms with Gasteiger partial charge in [0.25, 0.3) is 0 Å². The van der Waals surface area contributed by atoms with Crippen LogP contribution in [0.2, 0.25) is 0 Å². The van der Waals surface area contributed by atoms with Crippen LogP contribution in [0.15, 0.2) is 12.2 Å². The third kappa shape index (κ3) is 38.1. The smallest absolute Gasteiger partial charge is 0.306 e. The zero-order valence-corrected chi connectivity index (χ0v) is 34.6. The van der Waals surface area contributed by atoms with Crippen molar-refractivity contribution in [1.82, 2.24) is 4.90 Å². The molecule has 0 rings (SSSR count). The van der Waals surface area contributed by atoms with Gasteiger partial charge in [-0.25, -0.2) is 0 Å². The molecular weight excluding hydrogens is 633 g/mol. The average molecular weight is 721 g/mol. The molecule has 0 aliphatic carbocycles. The Morgan fingerprint density at radius 3 is 1.47 bits per heavy atom. The van der Waals surface area contributed by atoms with Gasteiger partial charge in [0.15, 0.2) is 0 Å². The van der Waals surface area contributed by atoms with Crippen LogP contribution in [0.3, 0.4) is 0 Å². The normalized spacial score (nSPS) is 11.7. The minimum absolute atomic E-state index is 0.0288. The molecular formula is C45H88N2O4. The van der Waals surface area contributed by atoms with Crippen molar-refractivity contribution in [2.24, 2.45) is 5.73 Å². The van der Waals surface area contributed by atoms with Crippen LogP contribution in [-0.4, -0.2) is 55.7 Å². The minimum Gasteiger partial charge on any atom is -0.462 e. The Morgan fingerprint density at radius 2 is 0.941 bits per heavy atom. The lowest BCUT2D eigenvalue weighted by atomic mass is 10.0. The highest BCUT2D eigenvalue weighted by Gasteiger charge is 2.14. The van der Waals surface area contributed by atoms with E-state index in [1.807, 2.05) is 6.08 Å². The molecule has 0 spiro atoms. The third-order valence-corrected chi connectivity index (χ3v) is 10.2. The molecule has 0 saturated heterocycles. The second kappa shape index (κ2) is 41.4. The van der Waals surface area contributed by atoms with Gasteiger partial charge in [-0.2, -0.15) is 0 Å². The van der Waals surface area contributed by atoms with Crippen LogP contribution >= 0.6 is 0 Å². The number of allylic oxidation sites excluding steroid dienone is 1. The fourth-order valence-corrected chi connectivity index (χ4v) is 6.82. The van der Waals surface area contributed by atoms with E-state index in [1.54, 1.807) is 0 Å². The Hall–Kier alpha value is -1.40. The molecule has 0 heterocycles. The molecule has 2 N–H and O–H groups in total. The van der Waals surface area contributed by atoms with Crippen LogP contribution in [0.1, 0.15) is 226 Å². The molecule has 6 nitrogen and oxygen atoms in total. The van der Waals surface area contributed by atoms with Gasteiger partial charge < -0.3 is 20.1 Å². The molecule has 0 aromatic heterocycles. The molecule has 6 heteroatoms. The van der Waals surface area contributed by atoms with Crippen molar-refractivity contribution in [3.63, 3.8) is 0 Å². The van der Waals surface area contributed by atoms with Crippen LogP contribution in [0, 0.1) is 0 Å². The maximum Gasteiger partial charge on any atom is 0.306 e. The Balaban J connectivity index is 4.05. The highest BCUT2D eigenvalue weighted by Crippen LogP contribution is 2.18. The SMILES string of the molecule is CCCCCC/C=C\COC(=O)CCCCCCCN(CCCN)CCCCCCCC(=O)OC(CCCCCCCC)CCCCCCCC. The van der Waals surface area contributed by atoms with E-state index < -0.39 is 0 Å². The van der Waals surface area contributed by atoms with Gasteiger partial charge in [0.2, 0.25) is 0 Å². The van der Waals surface area contributed by atoms with Gasteiger partial charge in [0.1, 0.15) is 12.7 Å². The van der Waals surface area contributed by atoms with Crippen LogP contribution < -0.4 is 5.73 Å². The van der Waals surface area contributed by atoms with E-state index in [4.69, 9.17) is 15.2 Å². The molecule has 0 atom stereocenters. The standard InChI is InChI=1S/C45H88N2O4/c1-4-7-10-13-16-25-32-42-50-44(48)36-28-21-17-23-30-39-47(41-33-38-46)40-31-24-18-22-29-37-45(49)51-43(34-26-19-14-11-8-5-2)35-27-20-15-12-9-6-3/h25,32,43H,4-24,26-31,33-42,46H2,1-3H3/b32-25-. The number of hydrogen-bond acceptors (Lipinski definition) is 6. The lowest BCUT2D eigenvalue weighted by Crippen LogP contribution is -2.28. The van der Waals surface area contributed by atoms with E-state index in [-0.39, 0.29) is 18.0 Å². The molecule has 0 amide bonds. The van der Waals surface area contributed by atoms with Gasteiger partial charge >= 0.3 is 11.9 Å². The first kappa shape index (κ1) is 49.6. The molecule has 0 aromatic rings. The van der Waals surface area contributed by atoms with Crippen molar-refractivity contribution in [1.29, 1.82) is 0 Å². The summed E-state index contributed by atoms with van der Waals surface area (Å²) < 4.78 is 11.4.